The summed E-state index contributed by atoms with van der Waals surface area (Å²) in [5, 5.41) is 6.28. The Morgan fingerprint density at radius 3 is 2.95 bits per heavy atom. The number of nitrogens with zero attached hydrogens (tertiary/aromatic N) is 1. The molecule has 0 aliphatic carbocycles. The van der Waals surface area contributed by atoms with Crippen LogP contribution in [0.1, 0.15) is 30.9 Å². The number of halogens is 1. The van der Waals surface area contributed by atoms with Crippen molar-refractivity contribution < 1.29 is 9.18 Å². The van der Waals surface area contributed by atoms with Crippen LogP contribution in [-0.2, 0) is 4.79 Å². The molecule has 2 rings (SSSR count). The quantitative estimate of drug-likeness (QED) is 0.839. The van der Waals surface area contributed by atoms with Crippen LogP contribution in [0.5, 0.6) is 0 Å². The van der Waals surface area contributed by atoms with Crippen LogP contribution < -0.4 is 10.6 Å². The van der Waals surface area contributed by atoms with Crippen molar-refractivity contribution in [3.8, 4) is 0 Å². The third-order valence-corrected chi connectivity index (χ3v) is 3.94. The van der Waals surface area contributed by atoms with Crippen molar-refractivity contribution in [1.29, 1.82) is 0 Å². The molecule has 1 saturated heterocycles. The molecule has 1 aromatic rings. The fourth-order valence-electron chi connectivity index (χ4n) is 2.75. The van der Waals surface area contributed by atoms with Gasteiger partial charge in [-0.1, -0.05) is 12.1 Å². The van der Waals surface area contributed by atoms with Crippen LogP contribution in [0, 0.1) is 5.82 Å². The van der Waals surface area contributed by atoms with Gasteiger partial charge >= 0.3 is 0 Å². The summed E-state index contributed by atoms with van der Waals surface area (Å²) in [7, 11) is 3.86. The van der Waals surface area contributed by atoms with E-state index in [0.29, 0.717) is 19.0 Å². The zero-order chi connectivity index (χ0) is 15.2. The third kappa shape index (κ3) is 4.79. The number of nitrogens with one attached hydrogen (secondary N) is 2. The Morgan fingerprint density at radius 1 is 1.52 bits per heavy atom. The second kappa shape index (κ2) is 7.52. The highest BCUT2D eigenvalue weighted by Crippen LogP contribution is 2.18. The molecule has 4 nitrogen and oxygen atoms in total. The minimum absolute atomic E-state index is 0.0267. The first-order valence-electron chi connectivity index (χ1n) is 7.48. The molecule has 1 aliphatic heterocycles. The molecular weight excluding hydrogens is 269 g/mol. The van der Waals surface area contributed by atoms with Crippen LogP contribution in [0.3, 0.4) is 0 Å². The smallest absolute Gasteiger partial charge is 0.221 e. The minimum atomic E-state index is -0.249. The van der Waals surface area contributed by atoms with Crippen LogP contribution in [0.15, 0.2) is 24.3 Å². The molecule has 1 aromatic carbocycles. The van der Waals surface area contributed by atoms with Gasteiger partial charge in [-0.2, -0.15) is 0 Å². The molecule has 0 saturated carbocycles. The van der Waals surface area contributed by atoms with Crippen molar-refractivity contribution >= 4 is 5.91 Å². The highest BCUT2D eigenvalue weighted by molar-refractivity contribution is 5.76. The first kappa shape index (κ1) is 15.9. The average molecular weight is 293 g/mol. The van der Waals surface area contributed by atoms with E-state index in [2.05, 4.69) is 10.6 Å². The average Bonchev–Trinajstić information content (AvgIpc) is 2.91. The fourth-order valence-corrected chi connectivity index (χ4v) is 2.75. The van der Waals surface area contributed by atoms with Gasteiger partial charge in [-0.05, 0) is 51.2 Å². The maximum atomic E-state index is 13.3. The van der Waals surface area contributed by atoms with Crippen LogP contribution >= 0.6 is 0 Å². The summed E-state index contributed by atoms with van der Waals surface area (Å²) in [6.45, 7) is 1.49. The molecule has 0 spiro atoms. The van der Waals surface area contributed by atoms with E-state index in [-0.39, 0.29) is 17.8 Å². The molecule has 0 aromatic heterocycles. The van der Waals surface area contributed by atoms with Gasteiger partial charge in [0, 0.05) is 19.0 Å². The number of benzene rings is 1. The number of carbonyl (C=O) groups excluding carboxylic acids is 1. The number of hydrogen-bond donors (Lipinski definition) is 2. The van der Waals surface area contributed by atoms with E-state index >= 15 is 0 Å². The molecule has 5 heteroatoms. The molecule has 0 bridgehead atoms. The van der Waals surface area contributed by atoms with E-state index in [4.69, 9.17) is 0 Å². The predicted octanol–water partition coefficient (Wildman–Crippen LogP) is 1.69. The van der Waals surface area contributed by atoms with E-state index in [1.165, 1.54) is 12.1 Å². The van der Waals surface area contributed by atoms with E-state index < -0.39 is 0 Å². The van der Waals surface area contributed by atoms with Crippen molar-refractivity contribution in [2.75, 3.05) is 27.2 Å². The number of amides is 1. The molecule has 1 fully saturated rings. The first-order chi connectivity index (χ1) is 10.1. The Bertz CT molecular complexity index is 472. The third-order valence-electron chi connectivity index (χ3n) is 3.94. The van der Waals surface area contributed by atoms with Gasteiger partial charge in [0.2, 0.25) is 5.91 Å². The second-order valence-electron chi connectivity index (χ2n) is 5.84. The highest BCUT2D eigenvalue weighted by Gasteiger charge is 2.19. The fraction of sp³-hybridized carbons (Fsp3) is 0.562. The molecule has 21 heavy (non-hydrogen) atoms. The summed E-state index contributed by atoms with van der Waals surface area (Å²) in [6.07, 6.45) is 2.72. The second-order valence-corrected chi connectivity index (χ2v) is 5.84. The maximum Gasteiger partial charge on any atom is 0.221 e. The standard InChI is InChI=1S/C16H24FN3O/c1-20(2)15(12-5-3-6-13(17)9-12)11-19-16(21)10-14-7-4-8-18-14/h3,5-6,9,14-15,18H,4,7-8,10-11H2,1-2H3,(H,19,21). The largest absolute Gasteiger partial charge is 0.354 e. The number of rotatable bonds is 6. The van der Waals surface area contributed by atoms with E-state index in [0.717, 1.165) is 24.9 Å². The maximum absolute atomic E-state index is 13.3. The molecule has 116 valence electrons. The highest BCUT2D eigenvalue weighted by atomic mass is 19.1. The first-order valence-corrected chi connectivity index (χ1v) is 7.48. The van der Waals surface area contributed by atoms with E-state index in [9.17, 15) is 9.18 Å². The molecule has 1 aliphatic rings. The molecule has 1 amide bonds. The topological polar surface area (TPSA) is 44.4 Å². The lowest BCUT2D eigenvalue weighted by Gasteiger charge is -2.25. The Hall–Kier alpha value is -1.46. The zero-order valence-electron chi connectivity index (χ0n) is 12.7. The minimum Gasteiger partial charge on any atom is -0.354 e. The summed E-state index contributed by atoms with van der Waals surface area (Å²) in [5.41, 5.74) is 0.874. The number of hydrogen-bond acceptors (Lipinski definition) is 3. The van der Waals surface area contributed by atoms with Crippen molar-refractivity contribution in [3.05, 3.63) is 35.6 Å². The van der Waals surface area contributed by atoms with Crippen molar-refractivity contribution in [2.45, 2.75) is 31.3 Å². The van der Waals surface area contributed by atoms with Gasteiger partial charge in [-0.15, -0.1) is 0 Å². The van der Waals surface area contributed by atoms with Crippen LogP contribution in [0.25, 0.3) is 0 Å². The summed E-state index contributed by atoms with van der Waals surface area (Å²) in [5.74, 6) is -0.196. The van der Waals surface area contributed by atoms with E-state index in [1.807, 2.05) is 25.1 Å². The molecular formula is C16H24FN3O. The summed E-state index contributed by atoms with van der Waals surface area (Å²) < 4.78 is 13.3. The zero-order valence-corrected chi connectivity index (χ0v) is 12.7. The lowest BCUT2D eigenvalue weighted by Crippen LogP contribution is -2.37. The van der Waals surface area contributed by atoms with Crippen molar-refractivity contribution in [1.82, 2.24) is 15.5 Å². The van der Waals surface area contributed by atoms with Gasteiger partial charge in [-0.25, -0.2) is 4.39 Å². The van der Waals surface area contributed by atoms with Gasteiger partial charge in [0.1, 0.15) is 5.82 Å². The lowest BCUT2D eigenvalue weighted by atomic mass is 10.1. The SMILES string of the molecule is CN(C)C(CNC(=O)CC1CCCN1)c1cccc(F)c1. The molecule has 2 unspecified atom stereocenters. The molecule has 0 radical (unpaired) electrons. The monoisotopic (exact) mass is 293 g/mol. The van der Waals surface area contributed by atoms with Crippen molar-refractivity contribution in [2.24, 2.45) is 0 Å². The Labute approximate surface area is 125 Å². The number of carbonyl (C=O) groups is 1. The summed E-state index contributed by atoms with van der Waals surface area (Å²) >= 11 is 0. The summed E-state index contributed by atoms with van der Waals surface area (Å²) in [4.78, 5) is 14.0. The molecule has 2 atom stereocenters. The molecule has 1 heterocycles. The van der Waals surface area contributed by atoms with Crippen molar-refractivity contribution in [3.63, 3.8) is 0 Å². The Morgan fingerprint density at radius 2 is 2.33 bits per heavy atom. The molecule has 2 N–H and O–H groups in total. The van der Waals surface area contributed by atoms with Gasteiger partial charge in [-0.3, -0.25) is 4.79 Å². The van der Waals surface area contributed by atoms with Crippen LogP contribution in [0.2, 0.25) is 0 Å². The Kier molecular flexibility index (Phi) is 5.70. The van der Waals surface area contributed by atoms with Gasteiger partial charge in [0.15, 0.2) is 0 Å². The van der Waals surface area contributed by atoms with Crippen LogP contribution in [-0.4, -0.2) is 44.0 Å². The normalized spacial score (nSPS) is 19.7. The van der Waals surface area contributed by atoms with Gasteiger partial charge < -0.3 is 15.5 Å². The predicted molar refractivity (Wildman–Crippen MR) is 81.5 cm³/mol. The van der Waals surface area contributed by atoms with E-state index in [1.54, 1.807) is 6.07 Å². The van der Waals surface area contributed by atoms with Crippen LogP contribution in [0.4, 0.5) is 4.39 Å². The summed E-state index contributed by atoms with van der Waals surface area (Å²) in [6, 6.07) is 6.82. The number of likely N-dealkylation sites (N-methyl/N-ethyl adjacent to an activating group) is 1. The Balaban J connectivity index is 1.89. The van der Waals surface area contributed by atoms with Gasteiger partial charge in [0.25, 0.3) is 0 Å². The lowest BCUT2D eigenvalue weighted by molar-refractivity contribution is -0.121. The van der Waals surface area contributed by atoms with Gasteiger partial charge in [0.05, 0.1) is 6.04 Å².